The van der Waals surface area contributed by atoms with E-state index in [1.165, 1.54) is 25.0 Å². The minimum absolute atomic E-state index is 0.238. The molecule has 2 rings (SSSR count). The molecule has 0 amide bonds. The molecule has 100 valence electrons. The van der Waals surface area contributed by atoms with Gasteiger partial charge in [-0.25, -0.2) is 4.39 Å². The fourth-order valence-corrected chi connectivity index (χ4v) is 3.17. The lowest BCUT2D eigenvalue weighted by molar-refractivity contribution is 0.0759. The molecule has 3 heteroatoms. The lowest BCUT2D eigenvalue weighted by Crippen LogP contribution is -2.27. The molecule has 0 spiro atoms. The van der Waals surface area contributed by atoms with Crippen molar-refractivity contribution < 1.29 is 9.50 Å². The predicted molar refractivity (Wildman–Crippen MR) is 74.9 cm³/mol. The zero-order chi connectivity index (χ0) is 13.1. The Morgan fingerprint density at radius 1 is 1.33 bits per heavy atom. The molecule has 1 aliphatic rings. The Hall–Kier alpha value is -0.410. The molecule has 1 nitrogen and oxygen atoms in total. The first kappa shape index (κ1) is 14.0. The van der Waals surface area contributed by atoms with Gasteiger partial charge < -0.3 is 5.11 Å². The van der Waals surface area contributed by atoms with Gasteiger partial charge in [0.25, 0.3) is 0 Å². The normalized spacial score (nSPS) is 26.0. The Morgan fingerprint density at radius 2 is 2.00 bits per heavy atom. The number of rotatable bonds is 3. The van der Waals surface area contributed by atoms with Crippen LogP contribution < -0.4 is 0 Å². The van der Waals surface area contributed by atoms with Crippen LogP contribution in [0.4, 0.5) is 4.39 Å². The smallest absolute Gasteiger partial charge is 0.123 e. The molecular weight excluding hydrogens is 295 g/mol. The van der Waals surface area contributed by atoms with Gasteiger partial charge in [-0.15, -0.1) is 0 Å². The van der Waals surface area contributed by atoms with Crippen molar-refractivity contribution in [2.45, 2.75) is 45.1 Å². The average Bonchev–Trinajstić information content (AvgIpc) is 2.34. The van der Waals surface area contributed by atoms with E-state index >= 15 is 0 Å². The van der Waals surface area contributed by atoms with Gasteiger partial charge in [0.15, 0.2) is 0 Å². The van der Waals surface area contributed by atoms with Gasteiger partial charge >= 0.3 is 0 Å². The van der Waals surface area contributed by atoms with Gasteiger partial charge in [-0.05, 0) is 54.9 Å². The number of halogens is 2. The average molecular weight is 315 g/mol. The molecule has 1 unspecified atom stereocenters. The largest absolute Gasteiger partial charge is 0.392 e. The summed E-state index contributed by atoms with van der Waals surface area (Å²) in [6.07, 6.45) is 4.77. The number of hydrogen-bond donors (Lipinski definition) is 1. The standard InChI is InChI=1S/C15H20BrFO/c1-10-2-4-11(5-3-10)15(18)9-12-8-13(17)6-7-14(12)16/h6-8,10-11,15,18H,2-5,9H2,1H3. The summed E-state index contributed by atoms with van der Waals surface area (Å²) in [7, 11) is 0. The van der Waals surface area contributed by atoms with Gasteiger partial charge in [0, 0.05) is 4.47 Å². The quantitative estimate of drug-likeness (QED) is 0.881. The minimum atomic E-state index is -0.351. The van der Waals surface area contributed by atoms with Crippen LogP contribution in [0, 0.1) is 17.7 Å². The van der Waals surface area contributed by atoms with Crippen molar-refractivity contribution in [2.75, 3.05) is 0 Å². The lowest BCUT2D eigenvalue weighted by atomic mass is 9.79. The van der Waals surface area contributed by atoms with Crippen molar-refractivity contribution in [1.29, 1.82) is 0 Å². The van der Waals surface area contributed by atoms with Crippen molar-refractivity contribution in [3.05, 3.63) is 34.1 Å². The molecular formula is C15H20BrFO. The molecule has 1 atom stereocenters. The van der Waals surface area contributed by atoms with E-state index in [-0.39, 0.29) is 11.9 Å². The van der Waals surface area contributed by atoms with Crippen LogP contribution in [0.15, 0.2) is 22.7 Å². The van der Waals surface area contributed by atoms with Crippen LogP contribution >= 0.6 is 15.9 Å². The van der Waals surface area contributed by atoms with Crippen LogP contribution in [0.2, 0.25) is 0 Å². The first-order valence-electron chi connectivity index (χ1n) is 6.68. The molecule has 1 fully saturated rings. The maximum absolute atomic E-state index is 13.2. The summed E-state index contributed by atoms with van der Waals surface area (Å²) >= 11 is 3.41. The topological polar surface area (TPSA) is 20.2 Å². The Bertz CT molecular complexity index is 399. The Balaban J connectivity index is 1.98. The molecule has 0 aliphatic heterocycles. The molecule has 0 bridgehead atoms. The van der Waals surface area contributed by atoms with Crippen LogP contribution in [-0.2, 0) is 6.42 Å². The van der Waals surface area contributed by atoms with E-state index < -0.39 is 0 Å². The monoisotopic (exact) mass is 314 g/mol. The van der Waals surface area contributed by atoms with E-state index in [4.69, 9.17) is 0 Å². The first-order valence-corrected chi connectivity index (χ1v) is 7.47. The highest BCUT2D eigenvalue weighted by atomic mass is 79.9. The van der Waals surface area contributed by atoms with Crippen molar-refractivity contribution in [2.24, 2.45) is 11.8 Å². The minimum Gasteiger partial charge on any atom is -0.392 e. The second-order valence-corrected chi connectivity index (χ2v) is 6.38. The van der Waals surface area contributed by atoms with Crippen molar-refractivity contribution in [3.63, 3.8) is 0 Å². The zero-order valence-electron chi connectivity index (χ0n) is 10.7. The van der Waals surface area contributed by atoms with Gasteiger partial charge in [0.05, 0.1) is 6.10 Å². The summed E-state index contributed by atoms with van der Waals surface area (Å²) in [5, 5.41) is 10.3. The van der Waals surface area contributed by atoms with Gasteiger partial charge in [0.1, 0.15) is 5.82 Å². The van der Waals surface area contributed by atoms with Crippen molar-refractivity contribution in [3.8, 4) is 0 Å². The Morgan fingerprint density at radius 3 is 2.67 bits per heavy atom. The highest BCUT2D eigenvalue weighted by Gasteiger charge is 2.25. The van der Waals surface area contributed by atoms with Crippen LogP contribution in [0.3, 0.4) is 0 Å². The van der Waals surface area contributed by atoms with E-state index in [1.54, 1.807) is 6.07 Å². The molecule has 0 heterocycles. The van der Waals surface area contributed by atoms with Gasteiger partial charge in [-0.3, -0.25) is 0 Å². The summed E-state index contributed by atoms with van der Waals surface area (Å²) in [5.41, 5.74) is 0.862. The number of aliphatic hydroxyl groups is 1. The Kier molecular flexibility index (Phi) is 4.79. The third kappa shape index (κ3) is 3.55. The van der Waals surface area contributed by atoms with Crippen LogP contribution in [0.5, 0.6) is 0 Å². The molecule has 18 heavy (non-hydrogen) atoms. The highest BCUT2D eigenvalue weighted by Crippen LogP contribution is 2.32. The molecule has 1 N–H and O–H groups in total. The van der Waals surface area contributed by atoms with E-state index in [9.17, 15) is 9.50 Å². The van der Waals surface area contributed by atoms with E-state index in [0.717, 1.165) is 28.8 Å². The lowest BCUT2D eigenvalue weighted by Gasteiger charge is -2.30. The zero-order valence-corrected chi connectivity index (χ0v) is 12.3. The van der Waals surface area contributed by atoms with Gasteiger partial charge in [-0.1, -0.05) is 35.7 Å². The third-order valence-electron chi connectivity index (χ3n) is 4.04. The molecule has 1 aromatic rings. The molecule has 0 radical (unpaired) electrons. The maximum Gasteiger partial charge on any atom is 0.123 e. The molecule has 1 aliphatic carbocycles. The SMILES string of the molecule is CC1CCC(C(O)Cc2cc(F)ccc2Br)CC1. The summed E-state index contributed by atoms with van der Waals surface area (Å²) in [6, 6.07) is 4.65. The number of benzene rings is 1. The molecule has 1 aromatic carbocycles. The van der Waals surface area contributed by atoms with Crippen LogP contribution in [0.25, 0.3) is 0 Å². The van der Waals surface area contributed by atoms with E-state index in [1.807, 2.05) is 0 Å². The number of hydrogen-bond acceptors (Lipinski definition) is 1. The van der Waals surface area contributed by atoms with Gasteiger partial charge in [0.2, 0.25) is 0 Å². The second-order valence-electron chi connectivity index (χ2n) is 5.53. The summed E-state index contributed by atoms with van der Waals surface area (Å²) in [6.45, 7) is 2.27. The van der Waals surface area contributed by atoms with Gasteiger partial charge in [-0.2, -0.15) is 0 Å². The second kappa shape index (κ2) is 6.16. The summed E-state index contributed by atoms with van der Waals surface area (Å²) in [4.78, 5) is 0. The maximum atomic E-state index is 13.2. The molecule has 0 saturated heterocycles. The third-order valence-corrected chi connectivity index (χ3v) is 4.82. The number of aliphatic hydroxyl groups excluding tert-OH is 1. The predicted octanol–water partition coefficient (Wildman–Crippen LogP) is 4.32. The summed E-state index contributed by atoms with van der Waals surface area (Å²) < 4.78 is 14.1. The molecule has 1 saturated carbocycles. The van der Waals surface area contributed by atoms with E-state index in [2.05, 4.69) is 22.9 Å². The highest BCUT2D eigenvalue weighted by molar-refractivity contribution is 9.10. The van der Waals surface area contributed by atoms with E-state index in [0.29, 0.717) is 12.3 Å². The summed E-state index contributed by atoms with van der Waals surface area (Å²) in [5.74, 6) is 0.920. The van der Waals surface area contributed by atoms with Crippen LogP contribution in [-0.4, -0.2) is 11.2 Å². The molecule has 0 aromatic heterocycles. The van der Waals surface area contributed by atoms with Crippen molar-refractivity contribution >= 4 is 15.9 Å². The van der Waals surface area contributed by atoms with Crippen LogP contribution in [0.1, 0.15) is 38.2 Å². The fraction of sp³-hybridized carbons (Fsp3) is 0.600. The Labute approximate surface area is 117 Å². The van der Waals surface area contributed by atoms with Crippen molar-refractivity contribution in [1.82, 2.24) is 0 Å². The first-order chi connectivity index (χ1) is 8.56. The fourth-order valence-electron chi connectivity index (χ4n) is 2.76.